The molecule has 0 amide bonds. The Hall–Kier alpha value is -3.88. The summed E-state index contributed by atoms with van der Waals surface area (Å²) in [5, 5.41) is 7.28. The van der Waals surface area contributed by atoms with Gasteiger partial charge in [-0.05, 0) is 35.9 Å². The summed E-state index contributed by atoms with van der Waals surface area (Å²) in [7, 11) is -4.73. The number of benzene rings is 2. The van der Waals surface area contributed by atoms with Gasteiger partial charge in [-0.15, -0.1) is 13.2 Å². The Morgan fingerprint density at radius 1 is 1.12 bits per heavy atom. The number of alkyl halides is 5. The van der Waals surface area contributed by atoms with E-state index in [1.807, 2.05) is 4.72 Å². The maximum atomic E-state index is 13.1. The van der Waals surface area contributed by atoms with Gasteiger partial charge in [0.2, 0.25) is 0 Å². The van der Waals surface area contributed by atoms with E-state index < -0.39 is 45.2 Å². The maximum absolute atomic E-state index is 13.1. The van der Waals surface area contributed by atoms with Crippen LogP contribution < -0.4 is 14.2 Å². The predicted octanol–water partition coefficient (Wildman–Crippen LogP) is 4.37. The third-order valence-corrected chi connectivity index (χ3v) is 5.69. The lowest BCUT2D eigenvalue weighted by Crippen LogP contribution is -2.21. The van der Waals surface area contributed by atoms with Crippen LogP contribution in [-0.2, 0) is 16.6 Å². The Morgan fingerprint density at radius 3 is 2.56 bits per heavy atom. The number of halogens is 5. The minimum Gasteiger partial charge on any atom is -0.434 e. The number of para-hydroxylation sites is 1. The number of nitrogens with one attached hydrogen (secondary N) is 1. The van der Waals surface area contributed by atoms with Gasteiger partial charge >= 0.3 is 13.0 Å². The molecule has 0 unspecified atom stereocenters. The molecule has 0 saturated heterocycles. The monoisotopic (exact) mass is 504 g/mol. The van der Waals surface area contributed by atoms with Gasteiger partial charge in [-0.3, -0.25) is 9.40 Å². The summed E-state index contributed by atoms with van der Waals surface area (Å²) < 4.78 is 107. The molecule has 4 aromatic rings. The SMILES string of the molecule is O=S(=O)(Nc1noc2cc(Cn3cccn3)cc(OC(F)F)c12)c1ccccc1OC(F)(F)F. The fourth-order valence-corrected chi connectivity index (χ4v) is 4.22. The number of sulfonamides is 1. The molecule has 0 atom stereocenters. The number of fused-ring (bicyclic) bond motifs is 1. The second-order valence-electron chi connectivity index (χ2n) is 6.68. The van der Waals surface area contributed by atoms with Gasteiger partial charge in [-0.25, -0.2) is 8.42 Å². The molecule has 0 spiro atoms. The Labute approximate surface area is 187 Å². The summed E-state index contributed by atoms with van der Waals surface area (Å²) in [6.07, 6.45) is -2.02. The number of ether oxygens (including phenoxy) is 2. The van der Waals surface area contributed by atoms with E-state index in [0.29, 0.717) is 5.56 Å². The first kappa shape index (κ1) is 23.3. The molecule has 2 heterocycles. The number of hydrogen-bond donors (Lipinski definition) is 1. The normalized spacial score (nSPS) is 12.3. The highest BCUT2D eigenvalue weighted by Crippen LogP contribution is 2.37. The van der Waals surface area contributed by atoms with Crippen molar-refractivity contribution >= 4 is 26.8 Å². The van der Waals surface area contributed by atoms with Crippen molar-refractivity contribution in [3.05, 3.63) is 60.4 Å². The Bertz CT molecular complexity index is 1400. The molecule has 1 N–H and O–H groups in total. The topological polar surface area (TPSA) is 108 Å². The average Bonchev–Trinajstić information content (AvgIpc) is 3.36. The third-order valence-electron chi connectivity index (χ3n) is 4.31. The van der Waals surface area contributed by atoms with Crippen molar-refractivity contribution in [3.8, 4) is 11.5 Å². The molecule has 0 radical (unpaired) electrons. The fourth-order valence-electron chi connectivity index (χ4n) is 3.08. The van der Waals surface area contributed by atoms with Gasteiger partial charge in [-0.2, -0.15) is 13.9 Å². The van der Waals surface area contributed by atoms with Gasteiger partial charge in [0, 0.05) is 12.4 Å². The zero-order valence-corrected chi connectivity index (χ0v) is 17.5. The standard InChI is InChI=1S/C19H13F5N4O5S/c20-18(21)31-13-8-11(10-28-7-3-6-25-28)9-14-16(13)17(26-33-14)27-34(29,30)15-5-2-1-4-12(15)32-19(22,23)24/h1-9,18H,10H2,(H,26,27). The molecule has 0 aliphatic rings. The van der Waals surface area contributed by atoms with Crippen molar-refractivity contribution in [3.63, 3.8) is 0 Å². The van der Waals surface area contributed by atoms with Crippen LogP contribution in [0.15, 0.2) is 64.3 Å². The molecule has 4 rings (SSSR count). The molecule has 2 aromatic heterocycles. The average molecular weight is 504 g/mol. The summed E-state index contributed by atoms with van der Waals surface area (Å²) in [6.45, 7) is -3.13. The molecule has 0 bridgehead atoms. The first-order chi connectivity index (χ1) is 16.0. The second kappa shape index (κ2) is 8.81. The van der Waals surface area contributed by atoms with Crippen molar-refractivity contribution in [1.29, 1.82) is 0 Å². The van der Waals surface area contributed by atoms with Gasteiger partial charge in [0.25, 0.3) is 10.0 Å². The molecular formula is C19H13F5N4O5S. The summed E-state index contributed by atoms with van der Waals surface area (Å²) in [5.41, 5.74) is 0.305. The van der Waals surface area contributed by atoms with Crippen molar-refractivity contribution in [1.82, 2.24) is 14.9 Å². The van der Waals surface area contributed by atoms with Crippen LogP contribution in [0.1, 0.15) is 5.56 Å². The zero-order valence-electron chi connectivity index (χ0n) is 16.7. The minimum atomic E-state index is -5.16. The summed E-state index contributed by atoms with van der Waals surface area (Å²) in [4.78, 5) is -0.866. The van der Waals surface area contributed by atoms with Gasteiger partial charge < -0.3 is 14.0 Å². The zero-order chi connectivity index (χ0) is 24.5. The van der Waals surface area contributed by atoms with E-state index in [9.17, 15) is 30.4 Å². The molecule has 0 fully saturated rings. The van der Waals surface area contributed by atoms with Crippen molar-refractivity contribution in [2.75, 3.05) is 4.72 Å². The lowest BCUT2D eigenvalue weighted by molar-refractivity contribution is -0.275. The lowest BCUT2D eigenvalue weighted by Gasteiger charge is -2.14. The smallest absolute Gasteiger partial charge is 0.434 e. The molecule has 0 aliphatic carbocycles. The van der Waals surface area contributed by atoms with Crippen molar-refractivity contribution in [2.45, 2.75) is 24.4 Å². The van der Waals surface area contributed by atoms with Gasteiger partial charge in [0.05, 0.1) is 6.54 Å². The van der Waals surface area contributed by atoms with Crippen LogP contribution in [0.25, 0.3) is 11.0 Å². The van der Waals surface area contributed by atoms with E-state index in [1.54, 1.807) is 12.3 Å². The largest absolute Gasteiger partial charge is 0.573 e. The summed E-state index contributed by atoms with van der Waals surface area (Å²) >= 11 is 0. The number of hydrogen-bond acceptors (Lipinski definition) is 7. The van der Waals surface area contributed by atoms with Gasteiger partial charge in [-0.1, -0.05) is 17.3 Å². The highest BCUT2D eigenvalue weighted by atomic mass is 32.2. The van der Waals surface area contributed by atoms with Crippen LogP contribution in [0.5, 0.6) is 11.5 Å². The van der Waals surface area contributed by atoms with E-state index in [0.717, 1.165) is 18.2 Å². The van der Waals surface area contributed by atoms with Gasteiger partial charge in [0.15, 0.2) is 11.4 Å². The first-order valence-electron chi connectivity index (χ1n) is 9.24. The second-order valence-corrected chi connectivity index (χ2v) is 8.33. The fraction of sp³-hybridized carbons (Fsp3) is 0.158. The van der Waals surface area contributed by atoms with Crippen LogP contribution in [0.2, 0.25) is 0 Å². The first-order valence-corrected chi connectivity index (χ1v) is 10.7. The maximum Gasteiger partial charge on any atom is 0.573 e. The van der Waals surface area contributed by atoms with Crippen molar-refractivity contribution < 1.29 is 44.4 Å². The number of anilines is 1. The van der Waals surface area contributed by atoms with Crippen LogP contribution in [0.4, 0.5) is 27.8 Å². The molecule has 0 aliphatic heterocycles. The number of nitrogens with zero attached hydrogens (tertiary/aromatic N) is 3. The molecule has 2 aromatic carbocycles. The van der Waals surface area contributed by atoms with Crippen LogP contribution >= 0.6 is 0 Å². The predicted molar refractivity (Wildman–Crippen MR) is 106 cm³/mol. The Morgan fingerprint density at radius 2 is 1.88 bits per heavy atom. The van der Waals surface area contributed by atoms with Crippen molar-refractivity contribution in [2.24, 2.45) is 0 Å². The van der Waals surface area contributed by atoms with Crippen LogP contribution in [0.3, 0.4) is 0 Å². The molecule has 180 valence electrons. The quantitative estimate of drug-likeness (QED) is 0.355. The number of aromatic nitrogens is 3. The minimum absolute atomic E-state index is 0.113. The molecular weight excluding hydrogens is 491 g/mol. The highest BCUT2D eigenvalue weighted by molar-refractivity contribution is 7.92. The van der Waals surface area contributed by atoms with Crippen LogP contribution in [0, 0.1) is 0 Å². The van der Waals surface area contributed by atoms with Crippen LogP contribution in [-0.4, -0.2) is 36.3 Å². The Kier molecular flexibility index (Phi) is 6.03. The van der Waals surface area contributed by atoms with E-state index in [4.69, 9.17) is 4.52 Å². The number of rotatable bonds is 8. The summed E-state index contributed by atoms with van der Waals surface area (Å²) in [6, 6.07) is 8.25. The molecule has 15 heteroatoms. The van der Waals surface area contributed by atoms with E-state index in [1.165, 1.54) is 29.1 Å². The van der Waals surface area contributed by atoms with E-state index in [-0.39, 0.29) is 17.5 Å². The Balaban J connectivity index is 1.74. The summed E-state index contributed by atoms with van der Waals surface area (Å²) in [5.74, 6) is -2.03. The molecule has 34 heavy (non-hydrogen) atoms. The van der Waals surface area contributed by atoms with E-state index >= 15 is 0 Å². The van der Waals surface area contributed by atoms with E-state index in [2.05, 4.69) is 19.7 Å². The lowest BCUT2D eigenvalue weighted by atomic mass is 10.1. The third kappa shape index (κ3) is 5.19. The highest BCUT2D eigenvalue weighted by Gasteiger charge is 2.34. The molecule has 0 saturated carbocycles. The molecule has 9 nitrogen and oxygen atoms in total. The van der Waals surface area contributed by atoms with Gasteiger partial charge in [0.1, 0.15) is 21.8 Å².